The summed E-state index contributed by atoms with van der Waals surface area (Å²) in [5.41, 5.74) is 0.750. The number of nitrogens with zero attached hydrogens (tertiary/aromatic N) is 7. The minimum Gasteiger partial charge on any atom is -0.495 e. The maximum Gasteiger partial charge on any atom is 0.298 e. The van der Waals surface area contributed by atoms with Gasteiger partial charge in [0.25, 0.3) is 50.6 Å². The van der Waals surface area contributed by atoms with E-state index >= 15 is 0 Å². The minimum atomic E-state index is -4.75. The number of nitrogens with one attached hydrogen (secondary N) is 3. The molecule has 0 spiro atoms. The van der Waals surface area contributed by atoms with Gasteiger partial charge in [-0.05, 0) is 111 Å². The second-order valence-electron chi connectivity index (χ2n) is 15.6. The number of aromatic nitrogens is 3. The molecule has 0 saturated carbocycles. The number of hydrogen-bond acceptors (Lipinski definition) is 24. The predicted octanol–water partition coefficient (Wildman–Crippen LogP) is 8.40. The lowest BCUT2D eigenvalue weighted by molar-refractivity contribution is 0.317. The molecule has 0 radical (unpaired) electrons. The maximum atomic E-state index is 12.0. The molecule has 6 rings (SSSR count). The lowest BCUT2D eigenvalue weighted by Crippen LogP contribution is -2.12. The fourth-order valence-corrected chi connectivity index (χ4v) is 10.0. The van der Waals surface area contributed by atoms with Gasteiger partial charge in [0.2, 0.25) is 17.8 Å². The van der Waals surface area contributed by atoms with E-state index in [0.717, 1.165) is 12.1 Å². The van der Waals surface area contributed by atoms with Crippen molar-refractivity contribution < 1.29 is 83.8 Å². The molecule has 0 atom stereocenters. The maximum absolute atomic E-state index is 12.0. The van der Waals surface area contributed by atoms with Crippen LogP contribution in [0, 0.1) is 0 Å². The Morgan fingerprint density at radius 2 is 0.910 bits per heavy atom. The second-order valence-corrected chi connectivity index (χ2v) is 24.7. The number of methoxy groups -OCH3 is 2. The third kappa shape index (κ3) is 18.0. The van der Waals surface area contributed by atoms with Crippen LogP contribution in [0.4, 0.5) is 52.0 Å². The Morgan fingerprint density at radius 3 is 1.28 bits per heavy atom. The summed E-state index contributed by atoms with van der Waals surface area (Å²) in [6, 6.07) is 17.9. The van der Waals surface area contributed by atoms with Gasteiger partial charge < -0.3 is 34.9 Å². The van der Waals surface area contributed by atoms with Gasteiger partial charge in [-0.1, -0.05) is 12.1 Å². The summed E-state index contributed by atoms with van der Waals surface area (Å²) in [5.74, 6) is -2.32. The molecule has 78 heavy (non-hydrogen) atoms. The molecule has 1 heterocycles. The first-order valence-corrected chi connectivity index (χ1v) is 30.7. The number of hydrogen-bond donors (Lipinski definition) is 8. The molecule has 0 aliphatic heterocycles. The standard InChI is InChI=1S/C42H42Br2N10O19S5/c1-70-34-11-7-25(17-38(34)77(64,65)66)51-53-30-21-36(72-13-3-15-74(55,56)57)32(19-28(30)43)46-41-48-40(45-23-24-5-9-27(10-6-24)76(61,62)63)49-42(50-41)47-33-20-29(44)31(22-37(33)73-14-4-16-75(58,59)60)54-52-26-8-12-35(71-2)39(18-26)78(67,68)69/h5-12,17-22H,3-4,13-16,23H2,1-2H3,(H,55,56,57)(H,58,59,60)(H,61,62,63)(H,64,65,66)(H,67,68,69)(H3,45,46,47,48,49,50). The summed E-state index contributed by atoms with van der Waals surface area (Å²) >= 11 is 6.83. The van der Waals surface area contributed by atoms with E-state index in [4.69, 9.17) is 18.9 Å². The number of anilines is 5. The van der Waals surface area contributed by atoms with Crippen LogP contribution in [-0.2, 0) is 57.1 Å². The first-order valence-electron chi connectivity index (χ1n) is 21.6. The Labute approximate surface area is 462 Å². The Morgan fingerprint density at radius 1 is 0.500 bits per heavy atom. The normalized spacial score (nSPS) is 12.4. The van der Waals surface area contributed by atoms with Crippen molar-refractivity contribution in [3.63, 3.8) is 0 Å². The van der Waals surface area contributed by atoms with Crippen LogP contribution in [0.1, 0.15) is 18.4 Å². The van der Waals surface area contributed by atoms with Crippen molar-refractivity contribution in [1.29, 1.82) is 0 Å². The lowest BCUT2D eigenvalue weighted by atomic mass is 10.2. The summed E-state index contributed by atoms with van der Waals surface area (Å²) in [6.45, 7) is -0.631. The molecule has 0 saturated heterocycles. The van der Waals surface area contributed by atoms with Crippen LogP contribution in [0.25, 0.3) is 0 Å². The predicted molar refractivity (Wildman–Crippen MR) is 285 cm³/mol. The lowest BCUT2D eigenvalue weighted by Gasteiger charge is -2.17. The monoisotopic (exact) mass is 1310 g/mol. The first kappa shape index (κ1) is 60.6. The summed E-state index contributed by atoms with van der Waals surface area (Å²) in [4.78, 5) is 11.9. The summed E-state index contributed by atoms with van der Waals surface area (Å²) in [5, 5.41) is 25.5. The molecule has 1 aromatic heterocycles. The van der Waals surface area contributed by atoms with Crippen LogP contribution < -0.4 is 34.9 Å². The highest BCUT2D eigenvalue weighted by atomic mass is 79.9. The highest BCUT2D eigenvalue weighted by Gasteiger charge is 2.21. The average molecular weight is 1310 g/mol. The van der Waals surface area contributed by atoms with Crippen LogP contribution in [-0.4, -0.2) is 119 Å². The molecule has 0 aliphatic rings. The second kappa shape index (κ2) is 25.5. The molecule has 418 valence electrons. The SMILES string of the molecule is COc1ccc(N=Nc2cc(OCCCS(=O)(=O)O)c(Nc3nc(NCc4ccc(S(=O)(=O)O)cc4)nc(Nc4cc(Br)c(N=Nc5ccc(OC)c(S(=O)(=O)O)c5)cc4OCCCS(=O)(=O)O)n3)cc2Br)cc1S(=O)(=O)O. The molecular weight excluding hydrogens is 1270 g/mol. The number of benzene rings is 5. The van der Waals surface area contributed by atoms with Gasteiger partial charge in [0.1, 0.15) is 44.2 Å². The van der Waals surface area contributed by atoms with Crippen LogP contribution in [0.2, 0.25) is 0 Å². The molecule has 5 aromatic carbocycles. The number of halogens is 2. The molecule has 36 heteroatoms. The van der Waals surface area contributed by atoms with Gasteiger partial charge in [0.05, 0.1) is 66.6 Å². The quantitative estimate of drug-likeness (QED) is 0.0143. The summed E-state index contributed by atoms with van der Waals surface area (Å²) in [6.07, 6.45) is -0.387. The zero-order valence-corrected chi connectivity index (χ0v) is 47.2. The molecule has 0 aliphatic carbocycles. The van der Waals surface area contributed by atoms with Gasteiger partial charge in [-0.15, -0.1) is 10.2 Å². The van der Waals surface area contributed by atoms with Gasteiger partial charge in [-0.25, -0.2) is 0 Å². The van der Waals surface area contributed by atoms with Crippen LogP contribution in [0.3, 0.4) is 0 Å². The van der Waals surface area contributed by atoms with E-state index in [1.165, 1.54) is 87.0 Å². The van der Waals surface area contributed by atoms with E-state index in [1.54, 1.807) is 0 Å². The molecular formula is C42H42Br2N10O19S5. The topological polar surface area (TPSA) is 433 Å². The van der Waals surface area contributed by atoms with E-state index < -0.39 is 71.9 Å². The first-order chi connectivity index (χ1) is 36.5. The smallest absolute Gasteiger partial charge is 0.298 e. The van der Waals surface area contributed by atoms with Crippen molar-refractivity contribution in [1.82, 2.24) is 15.0 Å². The minimum absolute atomic E-state index is 0.0303. The van der Waals surface area contributed by atoms with E-state index in [1.807, 2.05) is 0 Å². The summed E-state index contributed by atoms with van der Waals surface area (Å²) in [7, 11) is -20.4. The van der Waals surface area contributed by atoms with Crippen LogP contribution in [0.5, 0.6) is 23.0 Å². The Hall–Kier alpha value is -6.58. The van der Waals surface area contributed by atoms with Gasteiger partial charge in [0.15, 0.2) is 0 Å². The average Bonchev–Trinajstić information content (AvgIpc) is 3.37. The van der Waals surface area contributed by atoms with Crippen molar-refractivity contribution in [2.45, 2.75) is 34.1 Å². The van der Waals surface area contributed by atoms with Crippen molar-refractivity contribution in [3.8, 4) is 23.0 Å². The molecule has 0 fully saturated rings. The molecule has 29 nitrogen and oxygen atoms in total. The zero-order valence-electron chi connectivity index (χ0n) is 39.9. The van der Waals surface area contributed by atoms with E-state index in [2.05, 4.69) is 83.2 Å². The van der Waals surface area contributed by atoms with Crippen molar-refractivity contribution in [2.75, 3.05) is 54.9 Å². The van der Waals surface area contributed by atoms with Gasteiger partial charge in [0, 0.05) is 27.6 Å². The molecule has 0 amide bonds. The number of ether oxygens (including phenoxy) is 4. The Bertz CT molecular complexity index is 3660. The Balaban J connectivity index is 1.42. The van der Waals surface area contributed by atoms with E-state index in [0.29, 0.717) is 5.56 Å². The van der Waals surface area contributed by atoms with Gasteiger partial charge in [-0.2, -0.15) is 67.3 Å². The van der Waals surface area contributed by atoms with Gasteiger partial charge in [-0.3, -0.25) is 22.8 Å². The highest BCUT2D eigenvalue weighted by molar-refractivity contribution is 9.11. The molecule has 0 bridgehead atoms. The number of azo groups is 2. The van der Waals surface area contributed by atoms with Crippen molar-refractivity contribution in [2.24, 2.45) is 20.5 Å². The fraction of sp³-hybridized carbons (Fsp3) is 0.214. The van der Waals surface area contributed by atoms with Crippen LogP contribution >= 0.6 is 31.9 Å². The fourth-order valence-electron chi connectivity index (χ4n) is 6.37. The largest absolute Gasteiger partial charge is 0.495 e. The summed E-state index contributed by atoms with van der Waals surface area (Å²) < 4.78 is 188. The zero-order chi connectivity index (χ0) is 57.2. The van der Waals surface area contributed by atoms with E-state index in [-0.39, 0.29) is 121 Å². The number of rotatable bonds is 26. The molecule has 0 unspecified atom stereocenters. The molecule has 8 N–H and O–H groups in total. The third-order valence-corrected chi connectivity index (χ3v) is 15.4. The third-order valence-electron chi connectivity index (χ3n) is 9.90. The van der Waals surface area contributed by atoms with Crippen LogP contribution in [0.15, 0.2) is 129 Å². The van der Waals surface area contributed by atoms with E-state index in [9.17, 15) is 64.9 Å². The Kier molecular flexibility index (Phi) is 19.8. The highest BCUT2D eigenvalue weighted by Crippen LogP contribution is 2.41. The van der Waals surface area contributed by atoms with Crippen molar-refractivity contribution in [3.05, 3.63) is 99.4 Å². The van der Waals surface area contributed by atoms with Crippen molar-refractivity contribution >= 4 is 134 Å². The van der Waals surface area contributed by atoms with Gasteiger partial charge >= 0.3 is 0 Å². The molecule has 6 aromatic rings.